The Morgan fingerprint density at radius 2 is 1.35 bits per heavy atom. The number of carboxylic acids is 1. The molecule has 0 aliphatic carbocycles. The van der Waals surface area contributed by atoms with Gasteiger partial charge in [0.2, 0.25) is 11.9 Å². The number of carbonyl (C=O) groups excluding carboxylic acids is 1. The van der Waals surface area contributed by atoms with E-state index >= 15 is 0 Å². The van der Waals surface area contributed by atoms with Crippen molar-refractivity contribution in [3.05, 3.63) is 59.7 Å². The SMILES string of the molecule is CC(C)N(C(=O)c1cccnc1F)C(C)C.O=C(O)c1cccnc1F. The quantitative estimate of drug-likeness (QED) is 0.840. The molecule has 6 nitrogen and oxygen atoms in total. The standard InChI is InChI=1S/C12H17FN2O.C6H4FNO2/c1-8(2)15(9(3)4)12(16)10-6-5-7-14-11(10)13;7-5-4(6(9)10)2-1-3-8-5/h5-9H,1-4H3;1-3H,(H,9,10). The number of amides is 1. The third-order valence-corrected chi connectivity index (χ3v) is 3.33. The van der Waals surface area contributed by atoms with Crippen molar-refractivity contribution in [3.63, 3.8) is 0 Å². The van der Waals surface area contributed by atoms with Gasteiger partial charge in [0.15, 0.2) is 0 Å². The minimum absolute atomic E-state index is 0.0323. The summed E-state index contributed by atoms with van der Waals surface area (Å²) in [6, 6.07) is 5.62. The fraction of sp³-hybridized carbons (Fsp3) is 0.333. The molecule has 2 aromatic heterocycles. The van der Waals surface area contributed by atoms with Crippen LogP contribution in [0.4, 0.5) is 8.78 Å². The average molecular weight is 365 g/mol. The van der Waals surface area contributed by atoms with Crippen LogP contribution < -0.4 is 0 Å². The number of hydrogen-bond acceptors (Lipinski definition) is 4. The van der Waals surface area contributed by atoms with Gasteiger partial charge in [-0.25, -0.2) is 14.8 Å². The molecule has 26 heavy (non-hydrogen) atoms. The molecule has 0 aliphatic rings. The van der Waals surface area contributed by atoms with Crippen molar-refractivity contribution in [3.8, 4) is 0 Å². The molecule has 0 saturated heterocycles. The van der Waals surface area contributed by atoms with E-state index in [1.165, 1.54) is 24.5 Å². The van der Waals surface area contributed by atoms with Crippen LogP contribution in [0.3, 0.4) is 0 Å². The molecular formula is C18H21F2N3O3. The van der Waals surface area contributed by atoms with E-state index in [2.05, 4.69) is 9.97 Å². The van der Waals surface area contributed by atoms with Gasteiger partial charge in [-0.3, -0.25) is 4.79 Å². The minimum atomic E-state index is -1.30. The van der Waals surface area contributed by atoms with Crippen molar-refractivity contribution in [1.29, 1.82) is 0 Å². The lowest BCUT2D eigenvalue weighted by Crippen LogP contribution is -2.42. The molecular weight excluding hydrogens is 344 g/mol. The van der Waals surface area contributed by atoms with E-state index < -0.39 is 23.4 Å². The summed E-state index contributed by atoms with van der Waals surface area (Å²) in [5.41, 5.74) is -0.368. The van der Waals surface area contributed by atoms with Gasteiger partial charge in [0.25, 0.3) is 5.91 Å². The van der Waals surface area contributed by atoms with Crippen molar-refractivity contribution in [2.45, 2.75) is 39.8 Å². The Hall–Kier alpha value is -2.90. The molecule has 0 atom stereocenters. The number of halogens is 2. The van der Waals surface area contributed by atoms with Crippen LogP contribution in [-0.4, -0.2) is 43.9 Å². The molecule has 0 aromatic carbocycles. The number of nitrogens with zero attached hydrogens (tertiary/aromatic N) is 3. The summed E-state index contributed by atoms with van der Waals surface area (Å²) in [7, 11) is 0. The molecule has 1 amide bonds. The molecule has 0 radical (unpaired) electrons. The van der Waals surface area contributed by atoms with E-state index in [4.69, 9.17) is 5.11 Å². The van der Waals surface area contributed by atoms with Gasteiger partial charge < -0.3 is 10.0 Å². The van der Waals surface area contributed by atoms with Crippen LogP contribution >= 0.6 is 0 Å². The molecule has 2 rings (SSSR count). The molecule has 0 bridgehead atoms. The zero-order valence-corrected chi connectivity index (χ0v) is 15.0. The normalized spacial score (nSPS) is 10.3. The molecule has 140 valence electrons. The van der Waals surface area contributed by atoms with Gasteiger partial charge >= 0.3 is 5.97 Å². The highest BCUT2D eigenvalue weighted by Gasteiger charge is 2.24. The molecule has 0 fully saturated rings. The zero-order chi connectivity index (χ0) is 19.9. The first-order chi connectivity index (χ1) is 12.2. The molecule has 2 heterocycles. The first-order valence-corrected chi connectivity index (χ1v) is 7.93. The predicted octanol–water partition coefficient (Wildman–Crippen LogP) is 3.40. The second-order valence-electron chi connectivity index (χ2n) is 5.89. The summed E-state index contributed by atoms with van der Waals surface area (Å²) in [5.74, 6) is -3.27. The van der Waals surface area contributed by atoms with Gasteiger partial charge in [0, 0.05) is 24.5 Å². The Balaban J connectivity index is 0.000000289. The van der Waals surface area contributed by atoms with Gasteiger partial charge in [-0.05, 0) is 52.0 Å². The predicted molar refractivity (Wildman–Crippen MR) is 91.8 cm³/mol. The molecule has 0 saturated carbocycles. The lowest BCUT2D eigenvalue weighted by molar-refractivity contribution is 0.0636. The topological polar surface area (TPSA) is 83.4 Å². The van der Waals surface area contributed by atoms with Crippen LogP contribution in [0.1, 0.15) is 48.4 Å². The highest BCUT2D eigenvalue weighted by atomic mass is 19.1. The summed E-state index contributed by atoms with van der Waals surface area (Å²) in [4.78, 5) is 30.5. The number of aromatic nitrogens is 2. The number of carboxylic acid groups (broad SMARTS) is 1. The van der Waals surface area contributed by atoms with Gasteiger partial charge in [-0.15, -0.1) is 0 Å². The van der Waals surface area contributed by atoms with Crippen molar-refractivity contribution >= 4 is 11.9 Å². The van der Waals surface area contributed by atoms with Gasteiger partial charge in [-0.1, -0.05) is 0 Å². The smallest absolute Gasteiger partial charge is 0.340 e. The summed E-state index contributed by atoms with van der Waals surface area (Å²) in [6.45, 7) is 7.64. The van der Waals surface area contributed by atoms with E-state index in [-0.39, 0.29) is 23.6 Å². The van der Waals surface area contributed by atoms with Crippen molar-refractivity contribution in [2.75, 3.05) is 0 Å². The van der Waals surface area contributed by atoms with E-state index in [0.717, 1.165) is 6.07 Å². The van der Waals surface area contributed by atoms with Crippen LogP contribution in [0.15, 0.2) is 36.7 Å². The first-order valence-electron chi connectivity index (χ1n) is 7.93. The molecule has 0 aliphatic heterocycles. The Kier molecular flexibility index (Phi) is 7.77. The third kappa shape index (κ3) is 5.58. The zero-order valence-electron chi connectivity index (χ0n) is 15.0. The highest BCUT2D eigenvalue weighted by molar-refractivity contribution is 5.94. The summed E-state index contributed by atoms with van der Waals surface area (Å²) in [6.07, 6.45) is 2.53. The Morgan fingerprint density at radius 1 is 0.923 bits per heavy atom. The second-order valence-corrected chi connectivity index (χ2v) is 5.89. The summed E-state index contributed by atoms with van der Waals surface area (Å²) in [5, 5.41) is 8.29. The Bertz CT molecular complexity index is 759. The van der Waals surface area contributed by atoms with Gasteiger partial charge in [-0.2, -0.15) is 8.78 Å². The van der Waals surface area contributed by atoms with E-state index in [9.17, 15) is 18.4 Å². The fourth-order valence-electron chi connectivity index (χ4n) is 2.30. The molecule has 1 N–H and O–H groups in total. The second kappa shape index (κ2) is 9.55. The van der Waals surface area contributed by atoms with Crippen molar-refractivity contribution in [1.82, 2.24) is 14.9 Å². The van der Waals surface area contributed by atoms with E-state index in [0.29, 0.717) is 0 Å². The minimum Gasteiger partial charge on any atom is -0.478 e. The maximum absolute atomic E-state index is 13.4. The molecule has 0 spiro atoms. The largest absolute Gasteiger partial charge is 0.478 e. The number of hydrogen-bond donors (Lipinski definition) is 1. The number of carbonyl (C=O) groups is 2. The lowest BCUT2D eigenvalue weighted by Gasteiger charge is -2.30. The average Bonchev–Trinajstić information content (AvgIpc) is 2.55. The van der Waals surface area contributed by atoms with Crippen LogP contribution in [-0.2, 0) is 0 Å². The highest BCUT2D eigenvalue weighted by Crippen LogP contribution is 2.13. The Morgan fingerprint density at radius 3 is 1.65 bits per heavy atom. The first kappa shape index (κ1) is 21.1. The lowest BCUT2D eigenvalue weighted by atomic mass is 10.1. The summed E-state index contributed by atoms with van der Waals surface area (Å²) < 4.78 is 25.7. The van der Waals surface area contributed by atoms with Gasteiger partial charge in [0.05, 0.1) is 5.56 Å². The molecule has 8 heteroatoms. The monoisotopic (exact) mass is 365 g/mol. The fourth-order valence-corrected chi connectivity index (χ4v) is 2.30. The molecule has 0 unspecified atom stereocenters. The maximum Gasteiger partial charge on any atom is 0.340 e. The van der Waals surface area contributed by atoms with Crippen LogP contribution in [0.25, 0.3) is 0 Å². The van der Waals surface area contributed by atoms with Gasteiger partial charge in [0.1, 0.15) is 5.56 Å². The molecule has 2 aromatic rings. The van der Waals surface area contributed by atoms with Crippen LogP contribution in [0, 0.1) is 11.9 Å². The van der Waals surface area contributed by atoms with Crippen molar-refractivity contribution in [2.24, 2.45) is 0 Å². The van der Waals surface area contributed by atoms with Crippen LogP contribution in [0.2, 0.25) is 0 Å². The van der Waals surface area contributed by atoms with Crippen LogP contribution in [0.5, 0.6) is 0 Å². The van der Waals surface area contributed by atoms with E-state index in [1.807, 2.05) is 27.7 Å². The number of pyridine rings is 2. The number of rotatable bonds is 4. The maximum atomic E-state index is 13.4. The number of aromatic carboxylic acids is 1. The Labute approximate surface area is 150 Å². The third-order valence-electron chi connectivity index (χ3n) is 3.33. The summed E-state index contributed by atoms with van der Waals surface area (Å²) >= 11 is 0. The van der Waals surface area contributed by atoms with E-state index in [1.54, 1.807) is 11.0 Å². The van der Waals surface area contributed by atoms with Crippen molar-refractivity contribution < 1.29 is 23.5 Å².